The predicted molar refractivity (Wildman–Crippen MR) is 146 cm³/mol. The highest BCUT2D eigenvalue weighted by Gasteiger charge is 2.26. The molecule has 220 valence electrons. The molecule has 3 aromatic rings. The Labute approximate surface area is 235 Å². The maximum Gasteiger partial charge on any atom is 0.415 e. The molecule has 0 bridgehead atoms. The predicted octanol–water partition coefficient (Wildman–Crippen LogP) is 5.40. The topological polar surface area (TPSA) is 115 Å². The minimum absolute atomic E-state index is 0.0477. The van der Waals surface area contributed by atoms with Gasteiger partial charge in [-0.15, -0.1) is 10.2 Å². The quantitative estimate of drug-likeness (QED) is 0.393. The lowest BCUT2D eigenvalue weighted by molar-refractivity contribution is -0.0498. The van der Waals surface area contributed by atoms with E-state index >= 15 is 0 Å². The molecular formula is C27H32F3N7O4. The molecular weight excluding hydrogens is 543 g/mol. The number of nitrogens with one attached hydrogen (secondary N) is 1. The number of aromatic nitrogens is 4. The average molecular weight is 576 g/mol. The van der Waals surface area contributed by atoms with Crippen LogP contribution >= 0.6 is 0 Å². The van der Waals surface area contributed by atoms with E-state index in [-0.39, 0.29) is 35.4 Å². The van der Waals surface area contributed by atoms with Crippen LogP contribution in [0.15, 0.2) is 36.5 Å². The molecule has 1 aliphatic rings. The van der Waals surface area contributed by atoms with Gasteiger partial charge >= 0.3 is 12.7 Å². The number of ether oxygens (including phenoxy) is 3. The molecule has 11 nitrogen and oxygen atoms in total. The zero-order chi connectivity index (χ0) is 29.9. The normalized spacial score (nSPS) is 17.4. The molecule has 1 saturated heterocycles. The fourth-order valence-electron chi connectivity index (χ4n) is 4.20. The molecule has 4 rings (SSSR count). The molecule has 2 aromatic heterocycles. The van der Waals surface area contributed by atoms with Crippen LogP contribution in [0.4, 0.5) is 41.4 Å². The molecule has 1 aromatic carbocycles. The van der Waals surface area contributed by atoms with Gasteiger partial charge in [0.15, 0.2) is 23.3 Å². The second-order valence-corrected chi connectivity index (χ2v) is 10.6. The molecule has 41 heavy (non-hydrogen) atoms. The van der Waals surface area contributed by atoms with Gasteiger partial charge in [0, 0.05) is 25.7 Å². The fraction of sp³-hybridized carbons (Fsp3) is 0.444. The molecule has 0 aliphatic carbocycles. The Morgan fingerprint density at radius 3 is 2.41 bits per heavy atom. The molecule has 0 radical (unpaired) electrons. The van der Waals surface area contributed by atoms with Crippen molar-refractivity contribution in [3.8, 4) is 16.9 Å². The number of halogens is 3. The number of anilines is 4. The zero-order valence-corrected chi connectivity index (χ0v) is 23.6. The molecule has 2 atom stereocenters. The SMILES string of the molecule is C[C@@H]1CN(c2ncc(F)c(Nc3cc(-c4ccc(OC(F)F)cc4)c(N(C)C(=O)OC(C)(C)C)nn3)n2)C[C@H](C)O1. The lowest BCUT2D eigenvalue weighted by Crippen LogP contribution is -2.46. The third-order valence-electron chi connectivity index (χ3n) is 5.83. The summed E-state index contributed by atoms with van der Waals surface area (Å²) in [5, 5.41) is 11.2. The van der Waals surface area contributed by atoms with E-state index in [2.05, 4.69) is 30.2 Å². The van der Waals surface area contributed by atoms with Crippen molar-refractivity contribution in [3.05, 3.63) is 42.3 Å². The van der Waals surface area contributed by atoms with Gasteiger partial charge in [-0.3, -0.25) is 4.90 Å². The van der Waals surface area contributed by atoms with Crippen LogP contribution in [0.3, 0.4) is 0 Å². The van der Waals surface area contributed by atoms with Crippen molar-refractivity contribution in [3.63, 3.8) is 0 Å². The largest absolute Gasteiger partial charge is 0.443 e. The maximum absolute atomic E-state index is 14.8. The van der Waals surface area contributed by atoms with Crippen LogP contribution in [0.2, 0.25) is 0 Å². The molecule has 14 heteroatoms. The van der Waals surface area contributed by atoms with Gasteiger partial charge in [0.05, 0.1) is 18.4 Å². The van der Waals surface area contributed by atoms with Crippen LogP contribution < -0.4 is 19.9 Å². The number of hydrogen-bond acceptors (Lipinski definition) is 10. The number of morpholine rings is 1. The van der Waals surface area contributed by atoms with Gasteiger partial charge < -0.3 is 24.4 Å². The summed E-state index contributed by atoms with van der Waals surface area (Å²) >= 11 is 0. The Morgan fingerprint density at radius 1 is 1.15 bits per heavy atom. The first-order valence-electron chi connectivity index (χ1n) is 12.9. The van der Waals surface area contributed by atoms with Gasteiger partial charge in [-0.25, -0.2) is 14.2 Å². The lowest BCUT2D eigenvalue weighted by atomic mass is 10.1. The number of hydrogen-bond donors (Lipinski definition) is 1. The Bertz CT molecular complexity index is 1360. The average Bonchev–Trinajstić information content (AvgIpc) is 2.88. The summed E-state index contributed by atoms with van der Waals surface area (Å²) in [5.74, 6) is -0.340. The molecule has 0 unspecified atom stereocenters. The minimum atomic E-state index is -2.98. The van der Waals surface area contributed by atoms with E-state index in [9.17, 15) is 18.0 Å². The molecule has 0 spiro atoms. The smallest absolute Gasteiger partial charge is 0.415 e. The number of benzene rings is 1. The fourth-order valence-corrected chi connectivity index (χ4v) is 4.20. The zero-order valence-electron chi connectivity index (χ0n) is 23.6. The Kier molecular flexibility index (Phi) is 8.80. The maximum atomic E-state index is 14.8. The van der Waals surface area contributed by atoms with E-state index in [1.165, 1.54) is 42.3 Å². The van der Waals surface area contributed by atoms with Crippen molar-refractivity contribution in [2.45, 2.75) is 59.0 Å². The van der Waals surface area contributed by atoms with Crippen LogP contribution in [0.5, 0.6) is 5.75 Å². The van der Waals surface area contributed by atoms with Crippen LogP contribution in [0.25, 0.3) is 11.1 Å². The number of rotatable bonds is 7. The van der Waals surface area contributed by atoms with Crippen LogP contribution in [0.1, 0.15) is 34.6 Å². The molecule has 1 N–H and O–H groups in total. The van der Waals surface area contributed by atoms with E-state index < -0.39 is 24.1 Å². The molecule has 1 amide bonds. The Hall–Kier alpha value is -4.20. The van der Waals surface area contributed by atoms with E-state index in [1.807, 2.05) is 18.7 Å². The van der Waals surface area contributed by atoms with Crippen molar-refractivity contribution < 1.29 is 32.2 Å². The van der Waals surface area contributed by atoms with Gasteiger partial charge in [-0.1, -0.05) is 12.1 Å². The molecule has 0 saturated carbocycles. The van der Waals surface area contributed by atoms with Crippen molar-refractivity contribution in [2.75, 3.05) is 35.3 Å². The van der Waals surface area contributed by atoms with Crippen LogP contribution in [-0.4, -0.2) is 70.8 Å². The highest BCUT2D eigenvalue weighted by Crippen LogP contribution is 2.33. The first-order chi connectivity index (χ1) is 19.3. The number of carbonyl (C=O) groups excluding carboxylic acids is 1. The lowest BCUT2D eigenvalue weighted by Gasteiger charge is -2.35. The summed E-state index contributed by atoms with van der Waals surface area (Å²) in [7, 11) is 1.46. The van der Waals surface area contributed by atoms with Crippen molar-refractivity contribution in [1.29, 1.82) is 0 Å². The number of nitrogens with zero attached hydrogens (tertiary/aromatic N) is 6. The molecule has 3 heterocycles. The highest BCUT2D eigenvalue weighted by atomic mass is 19.3. The van der Waals surface area contributed by atoms with Crippen molar-refractivity contribution in [2.24, 2.45) is 0 Å². The summed E-state index contributed by atoms with van der Waals surface area (Å²) in [6, 6.07) is 7.29. The van der Waals surface area contributed by atoms with Crippen LogP contribution in [-0.2, 0) is 9.47 Å². The summed E-state index contributed by atoms with van der Waals surface area (Å²) < 4.78 is 55.8. The number of alkyl halides is 2. The Balaban J connectivity index is 1.68. The second kappa shape index (κ2) is 12.1. The summed E-state index contributed by atoms with van der Waals surface area (Å²) in [4.78, 5) is 24.4. The second-order valence-electron chi connectivity index (χ2n) is 10.6. The summed E-state index contributed by atoms with van der Waals surface area (Å²) in [6.07, 6.45) is 0.274. The van der Waals surface area contributed by atoms with E-state index in [0.717, 1.165) is 6.20 Å². The third-order valence-corrected chi connectivity index (χ3v) is 5.83. The first-order valence-corrected chi connectivity index (χ1v) is 12.9. The molecule has 1 aliphatic heterocycles. The van der Waals surface area contributed by atoms with E-state index in [0.29, 0.717) is 30.2 Å². The van der Waals surface area contributed by atoms with Crippen molar-refractivity contribution >= 4 is 29.5 Å². The summed E-state index contributed by atoms with van der Waals surface area (Å²) in [6.45, 7) is 7.14. The minimum Gasteiger partial charge on any atom is -0.443 e. The number of amides is 1. The monoisotopic (exact) mass is 575 g/mol. The van der Waals surface area contributed by atoms with Gasteiger partial charge in [0.1, 0.15) is 11.4 Å². The number of carbonyl (C=O) groups is 1. The standard InChI is InChI=1S/C27H32F3N7O4/c1-15-13-37(14-16(2)39-15)25-31-12-20(28)22(33-25)32-21-11-19(17-7-9-18(10-8-17)40-24(29)30)23(35-34-21)36(6)26(38)41-27(3,4)5/h7-12,15-16,24H,13-14H2,1-6H3,(H,31,32,33,34)/t15-,16+. The van der Waals surface area contributed by atoms with Crippen molar-refractivity contribution in [1.82, 2.24) is 20.2 Å². The third kappa shape index (κ3) is 7.72. The van der Waals surface area contributed by atoms with Gasteiger partial charge in [-0.05, 0) is 58.4 Å². The van der Waals surface area contributed by atoms with Gasteiger partial charge in [-0.2, -0.15) is 13.8 Å². The Morgan fingerprint density at radius 2 is 1.80 bits per heavy atom. The van der Waals surface area contributed by atoms with E-state index in [1.54, 1.807) is 20.8 Å². The highest BCUT2D eigenvalue weighted by molar-refractivity contribution is 5.92. The first kappa shape index (κ1) is 29.8. The van der Waals surface area contributed by atoms with E-state index in [4.69, 9.17) is 9.47 Å². The van der Waals surface area contributed by atoms with Gasteiger partial charge in [0.25, 0.3) is 0 Å². The van der Waals surface area contributed by atoms with Gasteiger partial charge in [0.2, 0.25) is 5.95 Å². The summed E-state index contributed by atoms with van der Waals surface area (Å²) in [5.41, 5.74) is 0.104. The van der Waals surface area contributed by atoms with Crippen LogP contribution in [0, 0.1) is 5.82 Å². The molecule has 1 fully saturated rings.